The molecule has 1 aromatic heterocycles. The van der Waals surface area contributed by atoms with Gasteiger partial charge in [-0.3, -0.25) is 0 Å². The highest BCUT2D eigenvalue weighted by molar-refractivity contribution is 5.60. The molecule has 1 heterocycles. The van der Waals surface area contributed by atoms with Crippen LogP contribution in [0.2, 0.25) is 0 Å². The molecule has 0 bridgehead atoms. The molecule has 0 atom stereocenters. The SMILES string of the molecule is Cc1cc(-c2nc(C)c(C)n2C)ccc1O. The molecule has 0 aliphatic rings. The third kappa shape index (κ3) is 1.58. The van der Waals surface area contributed by atoms with Gasteiger partial charge in [0.05, 0.1) is 5.69 Å². The summed E-state index contributed by atoms with van der Waals surface area (Å²) in [5.41, 5.74) is 4.12. The second-order valence-electron chi connectivity index (χ2n) is 4.17. The van der Waals surface area contributed by atoms with Gasteiger partial charge in [-0.15, -0.1) is 0 Å². The van der Waals surface area contributed by atoms with E-state index in [9.17, 15) is 5.11 Å². The van der Waals surface area contributed by atoms with Gasteiger partial charge in [-0.05, 0) is 44.5 Å². The summed E-state index contributed by atoms with van der Waals surface area (Å²) in [4.78, 5) is 4.53. The molecule has 0 aliphatic carbocycles. The van der Waals surface area contributed by atoms with Crippen molar-refractivity contribution in [1.29, 1.82) is 0 Å². The van der Waals surface area contributed by atoms with Crippen LogP contribution in [0.4, 0.5) is 0 Å². The molecule has 0 fully saturated rings. The van der Waals surface area contributed by atoms with Crippen LogP contribution >= 0.6 is 0 Å². The number of nitrogens with zero attached hydrogens (tertiary/aromatic N) is 2. The molecule has 0 saturated heterocycles. The van der Waals surface area contributed by atoms with Crippen molar-refractivity contribution in [3.63, 3.8) is 0 Å². The van der Waals surface area contributed by atoms with Crippen LogP contribution in [0.3, 0.4) is 0 Å². The van der Waals surface area contributed by atoms with E-state index in [0.29, 0.717) is 5.75 Å². The maximum atomic E-state index is 9.49. The summed E-state index contributed by atoms with van der Waals surface area (Å²) in [6.07, 6.45) is 0. The molecular formula is C13H16N2O. The van der Waals surface area contributed by atoms with Crippen molar-refractivity contribution >= 4 is 0 Å². The molecule has 84 valence electrons. The van der Waals surface area contributed by atoms with E-state index in [1.165, 1.54) is 5.69 Å². The number of phenols is 1. The van der Waals surface area contributed by atoms with Gasteiger partial charge in [0.1, 0.15) is 11.6 Å². The van der Waals surface area contributed by atoms with Gasteiger partial charge in [0, 0.05) is 18.3 Å². The number of hydrogen-bond donors (Lipinski definition) is 1. The highest BCUT2D eigenvalue weighted by atomic mass is 16.3. The smallest absolute Gasteiger partial charge is 0.140 e. The van der Waals surface area contributed by atoms with E-state index in [1.807, 2.05) is 33.0 Å². The van der Waals surface area contributed by atoms with Gasteiger partial charge in [0.2, 0.25) is 0 Å². The quantitative estimate of drug-likeness (QED) is 0.796. The van der Waals surface area contributed by atoms with Crippen molar-refractivity contribution < 1.29 is 5.11 Å². The number of benzene rings is 1. The summed E-state index contributed by atoms with van der Waals surface area (Å²) in [6.45, 7) is 5.95. The van der Waals surface area contributed by atoms with Crippen LogP contribution in [0.25, 0.3) is 11.4 Å². The Kier molecular flexibility index (Phi) is 2.46. The first-order chi connectivity index (χ1) is 7.50. The summed E-state index contributed by atoms with van der Waals surface area (Å²) in [5.74, 6) is 1.27. The lowest BCUT2D eigenvalue weighted by Gasteiger charge is -2.05. The number of rotatable bonds is 1. The predicted molar refractivity (Wildman–Crippen MR) is 64.5 cm³/mol. The Balaban J connectivity index is 2.59. The highest BCUT2D eigenvalue weighted by Gasteiger charge is 2.10. The zero-order chi connectivity index (χ0) is 11.9. The van der Waals surface area contributed by atoms with E-state index in [4.69, 9.17) is 0 Å². The lowest BCUT2D eigenvalue weighted by atomic mass is 10.1. The van der Waals surface area contributed by atoms with Crippen LogP contribution in [0, 0.1) is 20.8 Å². The molecule has 16 heavy (non-hydrogen) atoms. The zero-order valence-electron chi connectivity index (χ0n) is 10.1. The van der Waals surface area contributed by atoms with Crippen molar-refractivity contribution in [2.24, 2.45) is 7.05 Å². The van der Waals surface area contributed by atoms with E-state index in [2.05, 4.69) is 16.5 Å². The van der Waals surface area contributed by atoms with Gasteiger partial charge in [0.25, 0.3) is 0 Å². The van der Waals surface area contributed by atoms with Crippen molar-refractivity contribution in [3.8, 4) is 17.1 Å². The number of aryl methyl sites for hydroxylation is 2. The first kappa shape index (κ1) is 10.7. The van der Waals surface area contributed by atoms with Crippen molar-refractivity contribution in [2.75, 3.05) is 0 Å². The number of imidazole rings is 1. The number of aromatic hydroxyl groups is 1. The second kappa shape index (κ2) is 3.67. The topological polar surface area (TPSA) is 38.0 Å². The molecule has 0 saturated carbocycles. The Hall–Kier alpha value is -1.77. The number of aromatic nitrogens is 2. The van der Waals surface area contributed by atoms with Crippen molar-refractivity contribution in [2.45, 2.75) is 20.8 Å². The third-order valence-corrected chi connectivity index (χ3v) is 3.07. The molecular weight excluding hydrogens is 200 g/mol. The molecule has 0 amide bonds. The van der Waals surface area contributed by atoms with Crippen LogP contribution in [-0.4, -0.2) is 14.7 Å². The Morgan fingerprint density at radius 2 is 1.88 bits per heavy atom. The maximum absolute atomic E-state index is 9.49. The predicted octanol–water partition coefficient (Wildman–Crippen LogP) is 2.72. The van der Waals surface area contributed by atoms with Crippen LogP contribution in [0.15, 0.2) is 18.2 Å². The normalized spacial score (nSPS) is 10.8. The van der Waals surface area contributed by atoms with E-state index in [0.717, 1.165) is 22.6 Å². The minimum atomic E-state index is 0.325. The van der Waals surface area contributed by atoms with E-state index in [1.54, 1.807) is 6.07 Å². The Morgan fingerprint density at radius 1 is 1.19 bits per heavy atom. The Morgan fingerprint density at radius 3 is 2.38 bits per heavy atom. The monoisotopic (exact) mass is 216 g/mol. The first-order valence-electron chi connectivity index (χ1n) is 5.30. The molecule has 3 heteroatoms. The standard InChI is InChI=1S/C13H16N2O/c1-8-7-11(5-6-12(8)16)13-14-9(2)10(3)15(13)4/h5-7,16H,1-4H3. The average molecular weight is 216 g/mol. The fourth-order valence-electron chi connectivity index (χ4n) is 1.77. The van der Waals surface area contributed by atoms with Gasteiger partial charge in [-0.1, -0.05) is 0 Å². The summed E-state index contributed by atoms with van der Waals surface area (Å²) in [5, 5.41) is 9.49. The van der Waals surface area contributed by atoms with Crippen LogP contribution in [0.5, 0.6) is 5.75 Å². The fourth-order valence-corrected chi connectivity index (χ4v) is 1.77. The Labute approximate surface area is 95.4 Å². The van der Waals surface area contributed by atoms with Gasteiger partial charge in [0.15, 0.2) is 0 Å². The number of hydrogen-bond acceptors (Lipinski definition) is 2. The van der Waals surface area contributed by atoms with E-state index >= 15 is 0 Å². The second-order valence-corrected chi connectivity index (χ2v) is 4.17. The molecule has 2 rings (SSSR count). The molecule has 1 N–H and O–H groups in total. The largest absolute Gasteiger partial charge is 0.508 e. The lowest BCUT2D eigenvalue weighted by molar-refractivity contribution is 0.471. The van der Waals surface area contributed by atoms with Crippen LogP contribution in [0.1, 0.15) is 17.0 Å². The molecule has 3 nitrogen and oxygen atoms in total. The third-order valence-electron chi connectivity index (χ3n) is 3.07. The number of phenolic OH excluding ortho intramolecular Hbond substituents is 1. The molecule has 0 aliphatic heterocycles. The molecule has 0 radical (unpaired) electrons. The first-order valence-corrected chi connectivity index (χ1v) is 5.30. The molecule has 0 spiro atoms. The molecule has 2 aromatic rings. The lowest BCUT2D eigenvalue weighted by Crippen LogP contribution is -1.95. The van der Waals surface area contributed by atoms with Crippen molar-refractivity contribution in [3.05, 3.63) is 35.2 Å². The fraction of sp³-hybridized carbons (Fsp3) is 0.308. The van der Waals surface area contributed by atoms with E-state index < -0.39 is 0 Å². The van der Waals surface area contributed by atoms with Gasteiger partial charge < -0.3 is 9.67 Å². The van der Waals surface area contributed by atoms with Crippen LogP contribution < -0.4 is 0 Å². The summed E-state index contributed by atoms with van der Waals surface area (Å²) in [6, 6.07) is 5.56. The molecule has 0 unspecified atom stereocenters. The van der Waals surface area contributed by atoms with Gasteiger partial charge in [-0.25, -0.2) is 4.98 Å². The minimum absolute atomic E-state index is 0.325. The van der Waals surface area contributed by atoms with Gasteiger partial charge >= 0.3 is 0 Å². The zero-order valence-corrected chi connectivity index (χ0v) is 10.1. The maximum Gasteiger partial charge on any atom is 0.140 e. The summed E-state index contributed by atoms with van der Waals surface area (Å²) < 4.78 is 2.07. The Bertz CT molecular complexity index is 541. The van der Waals surface area contributed by atoms with Crippen LogP contribution in [-0.2, 0) is 7.05 Å². The summed E-state index contributed by atoms with van der Waals surface area (Å²) in [7, 11) is 2.01. The van der Waals surface area contributed by atoms with E-state index in [-0.39, 0.29) is 0 Å². The van der Waals surface area contributed by atoms with Crippen molar-refractivity contribution in [1.82, 2.24) is 9.55 Å². The average Bonchev–Trinajstić information content (AvgIpc) is 2.50. The van der Waals surface area contributed by atoms with Gasteiger partial charge in [-0.2, -0.15) is 0 Å². The highest BCUT2D eigenvalue weighted by Crippen LogP contribution is 2.25. The summed E-state index contributed by atoms with van der Waals surface area (Å²) >= 11 is 0. The minimum Gasteiger partial charge on any atom is -0.508 e. The molecule has 1 aromatic carbocycles.